The molecule has 0 spiro atoms. The number of benzene rings is 1. The summed E-state index contributed by atoms with van der Waals surface area (Å²) in [4.78, 5) is 11.6. The van der Waals surface area contributed by atoms with Crippen LogP contribution in [0, 0.1) is 0 Å². The normalized spacial score (nSPS) is 14.8. The highest BCUT2D eigenvalue weighted by atomic mass is 19.4. The maximum atomic E-state index is 13.6. The van der Waals surface area contributed by atoms with Gasteiger partial charge in [-0.2, -0.15) is 65.9 Å². The largest absolute Gasteiger partial charge is 0.460 e. The van der Waals surface area contributed by atoms with Gasteiger partial charge in [-0.15, -0.1) is 0 Å². The quantitative estimate of drug-likeness (QED) is 0.267. The fraction of sp³-hybridized carbons (Fsp3) is 0.533. The number of anilines is 2. The van der Waals surface area contributed by atoms with Crippen molar-refractivity contribution >= 4 is 17.3 Å². The van der Waals surface area contributed by atoms with Crippen LogP contribution in [0.1, 0.15) is 10.4 Å². The van der Waals surface area contributed by atoms with E-state index in [4.69, 9.17) is 11.5 Å². The lowest BCUT2D eigenvalue weighted by Crippen LogP contribution is -2.73. The molecule has 1 aromatic carbocycles. The van der Waals surface area contributed by atoms with E-state index in [-0.39, 0.29) is 11.4 Å². The molecule has 0 bridgehead atoms. The highest BCUT2D eigenvalue weighted by Crippen LogP contribution is 2.62. The summed E-state index contributed by atoms with van der Waals surface area (Å²) < 4.78 is 199. The topological polar surface area (TPSA) is 78.3 Å². The average Bonchev–Trinajstić information content (AvgIpc) is 2.63. The third kappa shape index (κ3) is 4.35. The molecule has 0 amide bonds. The summed E-state index contributed by atoms with van der Waals surface area (Å²) in [6, 6.07) is 2.22. The summed E-state index contributed by atoms with van der Waals surface area (Å²) in [5, 5.41) is 0. The number of carbonyl (C=O) groups is 1. The molecular weight excluding hydrogens is 525 g/mol. The van der Waals surface area contributed by atoms with Gasteiger partial charge in [0.25, 0.3) is 0 Å². The predicted octanol–water partition coefficient (Wildman–Crippen LogP) is 5.38. The molecule has 1 rings (SSSR count). The first-order chi connectivity index (χ1) is 14.8. The van der Waals surface area contributed by atoms with Gasteiger partial charge in [0.05, 0.1) is 5.56 Å². The van der Waals surface area contributed by atoms with Crippen molar-refractivity contribution in [1.82, 2.24) is 0 Å². The molecule has 4 N–H and O–H groups in total. The van der Waals surface area contributed by atoms with E-state index in [1.54, 1.807) is 0 Å². The number of rotatable bonds is 8. The Morgan fingerprint density at radius 3 is 1.35 bits per heavy atom. The molecule has 0 saturated carbocycles. The smallest absolute Gasteiger partial charge is 0.455 e. The molecule has 196 valence electrons. The third-order valence-electron chi connectivity index (χ3n) is 3.99. The second kappa shape index (κ2) is 8.17. The van der Waals surface area contributed by atoms with Crippen molar-refractivity contribution in [3.63, 3.8) is 0 Å². The minimum absolute atomic E-state index is 0.344. The molecular formula is C15H9F15N2O2. The van der Waals surface area contributed by atoms with Crippen LogP contribution in [-0.2, 0) is 4.74 Å². The summed E-state index contributed by atoms with van der Waals surface area (Å²) in [5.41, 5.74) is 8.86. The number of nitrogens with two attached hydrogens (primary N) is 2. The van der Waals surface area contributed by atoms with Crippen LogP contribution in [-0.4, -0.2) is 54.3 Å². The van der Waals surface area contributed by atoms with Gasteiger partial charge in [-0.05, 0) is 18.2 Å². The van der Waals surface area contributed by atoms with Crippen molar-refractivity contribution < 1.29 is 75.4 Å². The number of halogens is 15. The van der Waals surface area contributed by atoms with Gasteiger partial charge in [0, 0.05) is 11.4 Å². The molecule has 34 heavy (non-hydrogen) atoms. The minimum Gasteiger partial charge on any atom is -0.455 e. The number of alkyl halides is 15. The summed E-state index contributed by atoms with van der Waals surface area (Å²) in [6.07, 6.45) is -7.69. The zero-order valence-electron chi connectivity index (χ0n) is 15.6. The van der Waals surface area contributed by atoms with Gasteiger partial charge < -0.3 is 16.2 Å². The molecule has 0 aromatic heterocycles. The maximum absolute atomic E-state index is 13.6. The van der Waals surface area contributed by atoms with Crippen LogP contribution in [0.5, 0.6) is 0 Å². The lowest BCUT2D eigenvalue weighted by Gasteiger charge is -2.41. The van der Waals surface area contributed by atoms with Crippen LogP contribution in [0.3, 0.4) is 0 Å². The Labute approximate surface area is 177 Å². The van der Waals surface area contributed by atoms with Crippen molar-refractivity contribution in [2.24, 2.45) is 0 Å². The van der Waals surface area contributed by atoms with Crippen molar-refractivity contribution in [2.75, 3.05) is 18.1 Å². The first kappa shape index (κ1) is 29.3. The molecule has 0 saturated heterocycles. The maximum Gasteiger partial charge on any atom is 0.460 e. The number of ether oxygens (including phenoxy) is 1. The monoisotopic (exact) mass is 534 g/mol. The molecule has 0 heterocycles. The van der Waals surface area contributed by atoms with E-state index in [9.17, 15) is 70.7 Å². The van der Waals surface area contributed by atoms with E-state index < -0.39 is 59.9 Å². The first-order valence-electron chi connectivity index (χ1n) is 7.94. The molecule has 19 heteroatoms. The molecule has 0 unspecified atom stereocenters. The van der Waals surface area contributed by atoms with Crippen LogP contribution in [0.25, 0.3) is 0 Å². The van der Waals surface area contributed by atoms with Gasteiger partial charge in [-0.3, -0.25) is 0 Å². The Hall–Kier alpha value is -2.76. The van der Waals surface area contributed by atoms with Crippen LogP contribution in [0.4, 0.5) is 77.2 Å². The molecule has 0 radical (unpaired) electrons. The molecule has 4 nitrogen and oxygen atoms in total. The van der Waals surface area contributed by atoms with Gasteiger partial charge in [0.1, 0.15) is 0 Å². The summed E-state index contributed by atoms with van der Waals surface area (Å²) in [5.74, 6) is -49.6. The van der Waals surface area contributed by atoms with Gasteiger partial charge in [0.15, 0.2) is 6.61 Å². The number of hydrogen-bond acceptors (Lipinski definition) is 4. The lowest BCUT2D eigenvalue weighted by molar-refractivity contribution is -0.453. The highest BCUT2D eigenvalue weighted by Gasteiger charge is 2.93. The van der Waals surface area contributed by atoms with Crippen molar-refractivity contribution in [3.05, 3.63) is 23.8 Å². The highest BCUT2D eigenvalue weighted by molar-refractivity contribution is 5.91. The fourth-order valence-electron chi connectivity index (χ4n) is 2.12. The average molecular weight is 534 g/mol. The van der Waals surface area contributed by atoms with Crippen LogP contribution < -0.4 is 11.5 Å². The zero-order chi connectivity index (χ0) is 27.3. The van der Waals surface area contributed by atoms with E-state index in [2.05, 4.69) is 4.74 Å². The van der Waals surface area contributed by atoms with Crippen molar-refractivity contribution in [1.29, 1.82) is 0 Å². The summed E-state index contributed by atoms with van der Waals surface area (Å²) >= 11 is 0. The van der Waals surface area contributed by atoms with E-state index >= 15 is 0 Å². The van der Waals surface area contributed by atoms with Gasteiger partial charge in [-0.1, -0.05) is 0 Å². The summed E-state index contributed by atoms with van der Waals surface area (Å²) in [6.45, 7) is -3.25. The van der Waals surface area contributed by atoms with Gasteiger partial charge in [-0.25, -0.2) is 4.79 Å². The minimum atomic E-state index is -8.42. The van der Waals surface area contributed by atoms with E-state index in [0.29, 0.717) is 12.1 Å². The fourth-order valence-corrected chi connectivity index (χ4v) is 2.12. The number of esters is 1. The van der Waals surface area contributed by atoms with Crippen LogP contribution in [0.15, 0.2) is 18.2 Å². The second-order valence-electron chi connectivity index (χ2n) is 6.54. The molecule has 1 aromatic rings. The predicted molar refractivity (Wildman–Crippen MR) is 81.3 cm³/mol. The molecule has 0 fully saturated rings. The Morgan fingerprint density at radius 1 is 0.618 bits per heavy atom. The molecule has 0 atom stereocenters. The van der Waals surface area contributed by atoms with E-state index in [1.165, 1.54) is 0 Å². The zero-order valence-corrected chi connectivity index (χ0v) is 15.6. The van der Waals surface area contributed by atoms with E-state index in [1.807, 2.05) is 0 Å². The number of carbonyl (C=O) groups excluding carboxylic acids is 1. The molecule has 0 aliphatic heterocycles. The first-order valence-corrected chi connectivity index (χ1v) is 7.94. The Balaban J connectivity index is 3.34. The summed E-state index contributed by atoms with van der Waals surface area (Å²) in [7, 11) is 0. The van der Waals surface area contributed by atoms with Gasteiger partial charge >= 0.3 is 47.7 Å². The van der Waals surface area contributed by atoms with Crippen LogP contribution >= 0.6 is 0 Å². The number of nitrogen functional groups attached to an aromatic ring is 2. The second-order valence-corrected chi connectivity index (χ2v) is 6.54. The standard InChI is InChI=1S/C15H9F15N2O2/c16-9(17,4-34-8(33)5-1-6(31)3-7(32)2-5)10(18,19)11(20,21)12(22,23)13(24,25)14(26,27)15(28,29)30/h1-3H,4,31-32H2. The Morgan fingerprint density at radius 2 is 0.971 bits per heavy atom. The SMILES string of the molecule is Nc1cc(N)cc(C(=O)OCC(F)(F)C(F)(F)C(F)(F)C(F)(F)C(F)(F)C(F)(F)C(F)(F)F)c1. The van der Waals surface area contributed by atoms with Crippen molar-refractivity contribution in [3.8, 4) is 0 Å². The van der Waals surface area contributed by atoms with Crippen molar-refractivity contribution in [2.45, 2.75) is 41.7 Å². The Kier molecular flexibility index (Phi) is 7.04. The van der Waals surface area contributed by atoms with Gasteiger partial charge in [0.2, 0.25) is 0 Å². The van der Waals surface area contributed by atoms with Crippen LogP contribution in [0.2, 0.25) is 0 Å². The molecule has 0 aliphatic rings. The Bertz CT molecular complexity index is 907. The number of hydrogen-bond donors (Lipinski definition) is 2. The third-order valence-corrected chi connectivity index (χ3v) is 3.99. The van der Waals surface area contributed by atoms with E-state index in [0.717, 1.165) is 6.07 Å². The molecule has 0 aliphatic carbocycles. The lowest BCUT2D eigenvalue weighted by atomic mass is 9.91.